The summed E-state index contributed by atoms with van der Waals surface area (Å²) < 4.78 is 0. The molecular weight excluding hydrogens is 196 g/mol. The van der Waals surface area contributed by atoms with Crippen molar-refractivity contribution in [2.75, 3.05) is 20.1 Å². The zero-order valence-electron chi connectivity index (χ0n) is 10.3. The highest BCUT2D eigenvalue weighted by Crippen LogP contribution is 2.31. The van der Waals surface area contributed by atoms with Crippen LogP contribution in [0, 0.1) is 12.8 Å². The predicted molar refractivity (Wildman–Crippen MR) is 68.3 cm³/mol. The highest BCUT2D eigenvalue weighted by molar-refractivity contribution is 5.24. The molecule has 88 valence electrons. The van der Waals surface area contributed by atoms with E-state index in [1.165, 1.54) is 24.0 Å². The second-order valence-corrected chi connectivity index (χ2v) is 5.05. The molecular formula is C14H22N2. The van der Waals surface area contributed by atoms with Crippen LogP contribution in [-0.4, -0.2) is 25.0 Å². The van der Waals surface area contributed by atoms with Gasteiger partial charge in [0.15, 0.2) is 0 Å². The molecule has 1 aromatic carbocycles. The van der Waals surface area contributed by atoms with E-state index in [4.69, 9.17) is 5.73 Å². The molecule has 1 aromatic rings. The monoisotopic (exact) mass is 218 g/mol. The molecule has 0 saturated carbocycles. The van der Waals surface area contributed by atoms with Gasteiger partial charge in [0.2, 0.25) is 0 Å². The molecule has 2 atom stereocenters. The largest absolute Gasteiger partial charge is 0.330 e. The molecule has 0 aliphatic carbocycles. The first-order chi connectivity index (χ1) is 7.70. The molecule has 0 amide bonds. The fraction of sp³-hybridized carbons (Fsp3) is 0.571. The number of piperidine rings is 1. The molecule has 0 aromatic heterocycles. The van der Waals surface area contributed by atoms with Crippen molar-refractivity contribution in [3.63, 3.8) is 0 Å². The molecule has 2 heteroatoms. The molecule has 0 radical (unpaired) electrons. The van der Waals surface area contributed by atoms with Gasteiger partial charge in [0.05, 0.1) is 0 Å². The van der Waals surface area contributed by atoms with Gasteiger partial charge in [-0.25, -0.2) is 0 Å². The SMILES string of the molecule is Cc1ccc(C2CCC(CN)CN2C)cc1. The molecule has 0 bridgehead atoms. The number of nitrogens with two attached hydrogens (primary N) is 1. The minimum absolute atomic E-state index is 0.586. The third-order valence-electron chi connectivity index (χ3n) is 3.72. The van der Waals surface area contributed by atoms with E-state index in [0.29, 0.717) is 12.0 Å². The third-order valence-corrected chi connectivity index (χ3v) is 3.72. The van der Waals surface area contributed by atoms with Crippen LogP contribution < -0.4 is 5.73 Å². The Morgan fingerprint density at radius 3 is 2.50 bits per heavy atom. The summed E-state index contributed by atoms with van der Waals surface area (Å²) in [6, 6.07) is 9.53. The zero-order valence-corrected chi connectivity index (χ0v) is 10.3. The molecule has 1 aliphatic heterocycles. The predicted octanol–water partition coefficient (Wildman–Crippen LogP) is 2.34. The van der Waals surface area contributed by atoms with Crippen molar-refractivity contribution in [2.45, 2.75) is 25.8 Å². The van der Waals surface area contributed by atoms with E-state index in [0.717, 1.165) is 13.1 Å². The Labute approximate surface area is 98.4 Å². The smallest absolute Gasteiger partial charge is 0.0345 e. The topological polar surface area (TPSA) is 29.3 Å². The summed E-state index contributed by atoms with van der Waals surface area (Å²) in [5.41, 5.74) is 8.53. The van der Waals surface area contributed by atoms with Crippen LogP contribution in [0.1, 0.15) is 30.0 Å². The minimum Gasteiger partial charge on any atom is -0.330 e. The molecule has 1 saturated heterocycles. The summed E-state index contributed by atoms with van der Waals surface area (Å²) in [7, 11) is 2.21. The second kappa shape index (κ2) is 4.98. The average Bonchev–Trinajstić information content (AvgIpc) is 2.30. The molecule has 2 nitrogen and oxygen atoms in total. The summed E-state index contributed by atoms with van der Waals surface area (Å²) in [5, 5.41) is 0. The van der Waals surface area contributed by atoms with Crippen LogP contribution in [0.5, 0.6) is 0 Å². The van der Waals surface area contributed by atoms with Crippen LogP contribution >= 0.6 is 0 Å². The van der Waals surface area contributed by atoms with E-state index in [9.17, 15) is 0 Å². The molecule has 1 fully saturated rings. The Morgan fingerprint density at radius 2 is 1.94 bits per heavy atom. The number of likely N-dealkylation sites (tertiary alicyclic amines) is 1. The Morgan fingerprint density at radius 1 is 1.25 bits per heavy atom. The van der Waals surface area contributed by atoms with Gasteiger partial charge in [-0.05, 0) is 44.8 Å². The van der Waals surface area contributed by atoms with Crippen LogP contribution in [0.4, 0.5) is 0 Å². The van der Waals surface area contributed by atoms with E-state index in [1.54, 1.807) is 0 Å². The molecule has 2 rings (SSSR count). The van der Waals surface area contributed by atoms with Crippen LogP contribution in [0.3, 0.4) is 0 Å². The van der Waals surface area contributed by atoms with Crippen molar-refractivity contribution < 1.29 is 0 Å². The van der Waals surface area contributed by atoms with Crippen LogP contribution in [0.25, 0.3) is 0 Å². The Balaban J connectivity index is 2.08. The summed E-state index contributed by atoms with van der Waals surface area (Å²) in [6.07, 6.45) is 2.50. The van der Waals surface area contributed by atoms with E-state index < -0.39 is 0 Å². The maximum absolute atomic E-state index is 5.74. The molecule has 2 N–H and O–H groups in total. The van der Waals surface area contributed by atoms with Crippen LogP contribution in [0.15, 0.2) is 24.3 Å². The van der Waals surface area contributed by atoms with Crippen molar-refractivity contribution in [2.24, 2.45) is 11.7 Å². The lowest BCUT2D eigenvalue weighted by Gasteiger charge is -2.37. The van der Waals surface area contributed by atoms with Crippen LogP contribution in [-0.2, 0) is 0 Å². The maximum atomic E-state index is 5.74. The third kappa shape index (κ3) is 2.45. The van der Waals surface area contributed by atoms with E-state index in [1.807, 2.05) is 0 Å². The highest BCUT2D eigenvalue weighted by Gasteiger charge is 2.25. The number of hydrogen-bond acceptors (Lipinski definition) is 2. The Bertz CT molecular complexity index is 331. The van der Waals surface area contributed by atoms with Crippen LogP contribution in [0.2, 0.25) is 0 Å². The van der Waals surface area contributed by atoms with Gasteiger partial charge >= 0.3 is 0 Å². The number of nitrogens with zero attached hydrogens (tertiary/aromatic N) is 1. The Kier molecular flexibility index (Phi) is 3.62. The van der Waals surface area contributed by atoms with Gasteiger partial charge in [-0.3, -0.25) is 4.90 Å². The van der Waals surface area contributed by atoms with Crippen molar-refractivity contribution in [1.29, 1.82) is 0 Å². The van der Waals surface area contributed by atoms with Gasteiger partial charge in [0, 0.05) is 12.6 Å². The molecule has 0 spiro atoms. The number of rotatable bonds is 2. The lowest BCUT2D eigenvalue weighted by Crippen LogP contribution is -2.38. The first-order valence-electron chi connectivity index (χ1n) is 6.17. The summed E-state index contributed by atoms with van der Waals surface area (Å²) in [5.74, 6) is 0.687. The van der Waals surface area contributed by atoms with Gasteiger partial charge in [0.1, 0.15) is 0 Å². The van der Waals surface area contributed by atoms with Gasteiger partial charge in [-0.1, -0.05) is 29.8 Å². The number of aryl methyl sites for hydroxylation is 1. The lowest BCUT2D eigenvalue weighted by atomic mass is 9.89. The fourth-order valence-electron chi connectivity index (χ4n) is 2.64. The van der Waals surface area contributed by atoms with Crippen molar-refractivity contribution in [3.05, 3.63) is 35.4 Å². The van der Waals surface area contributed by atoms with Crippen molar-refractivity contribution in [3.8, 4) is 0 Å². The van der Waals surface area contributed by atoms with Gasteiger partial charge in [-0.15, -0.1) is 0 Å². The highest BCUT2D eigenvalue weighted by atomic mass is 15.1. The quantitative estimate of drug-likeness (QED) is 0.825. The van der Waals surface area contributed by atoms with Gasteiger partial charge in [-0.2, -0.15) is 0 Å². The van der Waals surface area contributed by atoms with Gasteiger partial charge < -0.3 is 5.73 Å². The molecule has 1 heterocycles. The van der Waals surface area contributed by atoms with E-state index >= 15 is 0 Å². The molecule has 16 heavy (non-hydrogen) atoms. The van der Waals surface area contributed by atoms with Gasteiger partial charge in [0.25, 0.3) is 0 Å². The van der Waals surface area contributed by atoms with E-state index in [2.05, 4.69) is 43.1 Å². The first-order valence-corrected chi connectivity index (χ1v) is 6.17. The molecule has 1 aliphatic rings. The van der Waals surface area contributed by atoms with Crippen molar-refractivity contribution >= 4 is 0 Å². The number of hydrogen-bond donors (Lipinski definition) is 1. The first kappa shape index (κ1) is 11.6. The second-order valence-electron chi connectivity index (χ2n) is 5.05. The number of benzene rings is 1. The summed E-state index contributed by atoms with van der Waals surface area (Å²) >= 11 is 0. The standard InChI is InChI=1S/C14H22N2/c1-11-3-6-13(7-4-11)14-8-5-12(9-15)10-16(14)2/h3-4,6-7,12,14H,5,8-10,15H2,1-2H3. The van der Waals surface area contributed by atoms with Crippen molar-refractivity contribution in [1.82, 2.24) is 4.90 Å². The Hall–Kier alpha value is -0.860. The fourth-order valence-corrected chi connectivity index (χ4v) is 2.64. The normalized spacial score (nSPS) is 26.9. The summed E-state index contributed by atoms with van der Waals surface area (Å²) in [6.45, 7) is 4.10. The lowest BCUT2D eigenvalue weighted by molar-refractivity contribution is 0.141. The van der Waals surface area contributed by atoms with E-state index in [-0.39, 0.29) is 0 Å². The molecule has 2 unspecified atom stereocenters. The average molecular weight is 218 g/mol. The summed E-state index contributed by atoms with van der Waals surface area (Å²) in [4.78, 5) is 2.45. The zero-order chi connectivity index (χ0) is 11.5. The maximum Gasteiger partial charge on any atom is 0.0345 e. The minimum atomic E-state index is 0.586.